The number of aromatic nitrogens is 2. The number of H-pyrrole nitrogens is 1. The Hall–Kier alpha value is -2.90. The summed E-state index contributed by atoms with van der Waals surface area (Å²) in [6, 6.07) is 17.0. The molecule has 0 spiro atoms. The minimum absolute atomic E-state index is 0.0610. The number of aromatic amines is 1. The van der Waals surface area contributed by atoms with Gasteiger partial charge in [-0.25, -0.2) is 0 Å². The number of nitriles is 1. The topological polar surface area (TPSA) is 72.7 Å². The monoisotopic (exact) mass is 274 g/mol. The number of nitrogens with one attached hydrogen (secondary N) is 1. The zero-order valence-electron chi connectivity index (χ0n) is 11.2. The molecule has 4 heteroatoms. The molecule has 101 valence electrons. The standard InChI is InChI=1S/C17H12N3O/c18-9-12-5-1-4-8-15(12)17-16(10-19-20-17)14-7-3-2-6-13(14)11-21/h1-8,21H,11H2,(H,19,20). The first-order valence-electron chi connectivity index (χ1n) is 6.50. The Morgan fingerprint density at radius 1 is 1.10 bits per heavy atom. The molecular formula is C17H12N3O. The van der Waals surface area contributed by atoms with Gasteiger partial charge in [0.15, 0.2) is 0 Å². The van der Waals surface area contributed by atoms with Crippen molar-refractivity contribution in [1.29, 1.82) is 5.26 Å². The molecule has 2 N–H and O–H groups in total. The summed E-state index contributed by atoms with van der Waals surface area (Å²) in [4.78, 5) is 0. The van der Waals surface area contributed by atoms with Gasteiger partial charge in [-0.2, -0.15) is 10.4 Å². The van der Waals surface area contributed by atoms with Crippen LogP contribution in [0.15, 0.2) is 48.5 Å². The van der Waals surface area contributed by atoms with Crippen LogP contribution in [0.1, 0.15) is 11.1 Å². The van der Waals surface area contributed by atoms with Gasteiger partial charge in [-0.1, -0.05) is 42.5 Å². The molecule has 1 aromatic heterocycles. The van der Waals surface area contributed by atoms with Gasteiger partial charge in [0, 0.05) is 11.1 Å². The van der Waals surface area contributed by atoms with Crippen molar-refractivity contribution in [2.75, 3.05) is 0 Å². The molecule has 4 nitrogen and oxygen atoms in total. The second-order valence-corrected chi connectivity index (χ2v) is 4.56. The first-order chi connectivity index (χ1) is 10.3. The van der Waals surface area contributed by atoms with Crippen LogP contribution < -0.4 is 0 Å². The van der Waals surface area contributed by atoms with Crippen molar-refractivity contribution < 1.29 is 5.11 Å². The fraction of sp³-hybridized carbons (Fsp3) is 0.0588. The predicted molar refractivity (Wildman–Crippen MR) is 78.9 cm³/mol. The maximum atomic E-state index is 9.48. The number of aliphatic hydroxyl groups is 1. The summed E-state index contributed by atoms with van der Waals surface area (Å²) >= 11 is 0. The van der Waals surface area contributed by atoms with E-state index in [1.807, 2.05) is 42.5 Å². The smallest absolute Gasteiger partial charge is 0.121 e. The molecule has 0 atom stereocenters. The Morgan fingerprint density at radius 3 is 2.57 bits per heavy atom. The Balaban J connectivity index is 2.21. The summed E-state index contributed by atoms with van der Waals surface area (Å²) in [5.74, 6) is 0. The van der Waals surface area contributed by atoms with Crippen LogP contribution in [-0.2, 0) is 6.61 Å². The Labute approximate surface area is 122 Å². The lowest BCUT2D eigenvalue weighted by atomic mass is 9.96. The highest BCUT2D eigenvalue weighted by molar-refractivity contribution is 5.83. The van der Waals surface area contributed by atoms with Gasteiger partial charge in [0.2, 0.25) is 0 Å². The van der Waals surface area contributed by atoms with E-state index in [-0.39, 0.29) is 6.61 Å². The van der Waals surface area contributed by atoms with Crippen molar-refractivity contribution >= 4 is 0 Å². The third-order valence-electron chi connectivity index (χ3n) is 3.36. The summed E-state index contributed by atoms with van der Waals surface area (Å²) in [6.45, 7) is -0.0610. The maximum Gasteiger partial charge on any atom is 0.121 e. The molecule has 21 heavy (non-hydrogen) atoms. The van der Waals surface area contributed by atoms with Gasteiger partial charge in [0.1, 0.15) is 6.20 Å². The molecule has 0 aliphatic rings. The quantitative estimate of drug-likeness (QED) is 0.771. The van der Waals surface area contributed by atoms with Gasteiger partial charge in [0.05, 0.1) is 23.9 Å². The third kappa shape index (κ3) is 2.31. The van der Waals surface area contributed by atoms with E-state index in [1.54, 1.807) is 6.07 Å². The highest BCUT2D eigenvalue weighted by Crippen LogP contribution is 2.33. The third-order valence-corrected chi connectivity index (χ3v) is 3.36. The van der Waals surface area contributed by atoms with Crippen LogP contribution in [0.4, 0.5) is 0 Å². The lowest BCUT2D eigenvalue weighted by molar-refractivity contribution is 0.282. The van der Waals surface area contributed by atoms with Crippen molar-refractivity contribution in [3.63, 3.8) is 0 Å². The highest BCUT2D eigenvalue weighted by Gasteiger charge is 2.15. The average Bonchev–Trinajstić information content (AvgIpc) is 3.04. The van der Waals surface area contributed by atoms with E-state index >= 15 is 0 Å². The van der Waals surface area contributed by atoms with Crippen LogP contribution in [0.25, 0.3) is 22.4 Å². The molecule has 1 heterocycles. The highest BCUT2D eigenvalue weighted by atomic mass is 16.3. The molecule has 0 aliphatic carbocycles. The predicted octanol–water partition coefficient (Wildman–Crippen LogP) is 2.91. The summed E-state index contributed by atoms with van der Waals surface area (Å²) < 4.78 is 0. The summed E-state index contributed by atoms with van der Waals surface area (Å²) in [6.07, 6.45) is 2.92. The molecule has 0 unspecified atom stereocenters. The van der Waals surface area contributed by atoms with E-state index in [1.165, 1.54) is 0 Å². The van der Waals surface area contributed by atoms with E-state index < -0.39 is 0 Å². The SMILES string of the molecule is N#Cc1ccccc1-c1[nH]n[c]c1-c1ccccc1CO. The average molecular weight is 274 g/mol. The van der Waals surface area contributed by atoms with Crippen molar-refractivity contribution in [3.8, 4) is 28.5 Å². The summed E-state index contributed by atoms with van der Waals surface area (Å²) in [5, 5.41) is 25.6. The zero-order chi connectivity index (χ0) is 14.7. The maximum absolute atomic E-state index is 9.48. The Kier molecular flexibility index (Phi) is 3.50. The minimum atomic E-state index is -0.0610. The summed E-state index contributed by atoms with van der Waals surface area (Å²) in [7, 11) is 0. The molecule has 3 rings (SSSR count). The van der Waals surface area contributed by atoms with Crippen molar-refractivity contribution in [2.24, 2.45) is 0 Å². The van der Waals surface area contributed by atoms with Crippen LogP contribution >= 0.6 is 0 Å². The largest absolute Gasteiger partial charge is 0.392 e. The van der Waals surface area contributed by atoms with E-state index in [9.17, 15) is 10.4 Å². The molecule has 1 radical (unpaired) electrons. The van der Waals surface area contributed by atoms with E-state index in [0.717, 1.165) is 27.9 Å². The molecule has 0 amide bonds. The minimum Gasteiger partial charge on any atom is -0.392 e. The summed E-state index contributed by atoms with van der Waals surface area (Å²) in [5.41, 5.74) is 4.48. The van der Waals surface area contributed by atoms with E-state index in [0.29, 0.717) is 5.56 Å². The normalized spacial score (nSPS) is 10.3. The van der Waals surface area contributed by atoms with Crippen molar-refractivity contribution in [1.82, 2.24) is 10.2 Å². The number of aliphatic hydroxyl groups excluding tert-OH is 1. The van der Waals surface area contributed by atoms with Crippen LogP contribution in [0.2, 0.25) is 0 Å². The first-order valence-corrected chi connectivity index (χ1v) is 6.50. The van der Waals surface area contributed by atoms with Gasteiger partial charge in [-0.3, -0.25) is 5.10 Å². The molecule has 0 bridgehead atoms. The van der Waals surface area contributed by atoms with Crippen LogP contribution in [-0.4, -0.2) is 15.3 Å². The molecule has 3 aromatic rings. The Morgan fingerprint density at radius 2 is 1.81 bits per heavy atom. The number of hydrogen-bond donors (Lipinski definition) is 2. The molecule has 0 saturated carbocycles. The van der Waals surface area contributed by atoms with Crippen LogP contribution in [0.5, 0.6) is 0 Å². The molecule has 0 saturated heterocycles. The molecule has 0 aliphatic heterocycles. The molecular weight excluding hydrogens is 262 g/mol. The first kappa shape index (κ1) is 13.1. The Bertz CT molecular complexity index is 815. The van der Waals surface area contributed by atoms with E-state index in [2.05, 4.69) is 22.5 Å². The van der Waals surface area contributed by atoms with Crippen LogP contribution in [0.3, 0.4) is 0 Å². The lowest BCUT2D eigenvalue weighted by Crippen LogP contribution is -1.91. The second kappa shape index (κ2) is 5.61. The number of nitrogens with zero attached hydrogens (tertiary/aromatic N) is 2. The van der Waals surface area contributed by atoms with E-state index in [4.69, 9.17) is 0 Å². The zero-order valence-corrected chi connectivity index (χ0v) is 11.2. The number of hydrogen-bond acceptors (Lipinski definition) is 3. The lowest BCUT2D eigenvalue weighted by Gasteiger charge is -2.08. The van der Waals surface area contributed by atoms with Gasteiger partial charge in [0.25, 0.3) is 0 Å². The fourth-order valence-corrected chi connectivity index (χ4v) is 2.34. The van der Waals surface area contributed by atoms with Gasteiger partial charge < -0.3 is 5.11 Å². The van der Waals surface area contributed by atoms with Crippen molar-refractivity contribution in [2.45, 2.75) is 6.61 Å². The van der Waals surface area contributed by atoms with Crippen molar-refractivity contribution in [3.05, 3.63) is 65.9 Å². The number of rotatable bonds is 3. The van der Waals surface area contributed by atoms with Gasteiger partial charge >= 0.3 is 0 Å². The van der Waals surface area contributed by atoms with Gasteiger partial charge in [-0.05, 0) is 17.2 Å². The fourth-order valence-electron chi connectivity index (χ4n) is 2.34. The number of benzene rings is 2. The molecule has 2 aromatic carbocycles. The second-order valence-electron chi connectivity index (χ2n) is 4.56. The van der Waals surface area contributed by atoms with Crippen LogP contribution in [0, 0.1) is 17.5 Å². The molecule has 0 fully saturated rings. The van der Waals surface area contributed by atoms with Gasteiger partial charge in [-0.15, -0.1) is 0 Å².